The first-order chi connectivity index (χ1) is 31.4. The topological polar surface area (TPSA) is 384 Å². The number of carbonyl (C=O) groups is 7. The first-order valence-electron chi connectivity index (χ1n) is 23.0. The van der Waals surface area contributed by atoms with Crippen molar-refractivity contribution in [3.8, 4) is 0 Å². The number of unbranched alkanes of at least 4 members (excludes halogenated alkanes) is 2. The molecule has 0 radical (unpaired) electrons. The number of aliphatic imine (C=N–C) groups is 2. The van der Waals surface area contributed by atoms with Gasteiger partial charge in [0.15, 0.2) is 11.9 Å². The van der Waals surface area contributed by atoms with Gasteiger partial charge in [0.05, 0.1) is 6.04 Å². The number of amides is 6. The van der Waals surface area contributed by atoms with Crippen LogP contribution in [0.5, 0.6) is 0 Å². The summed E-state index contributed by atoms with van der Waals surface area (Å²) in [5, 5.41) is 23.4. The number of nitrogens with two attached hydrogens (primary N) is 6. The van der Waals surface area contributed by atoms with Crippen LogP contribution in [-0.2, 0) is 40.0 Å². The highest BCUT2D eigenvalue weighted by Crippen LogP contribution is 2.21. The second kappa shape index (κ2) is 30.2. The molecule has 66 heavy (non-hydrogen) atoms. The van der Waals surface area contributed by atoms with E-state index in [1.807, 2.05) is 51.1 Å². The minimum atomic E-state index is -1.21. The van der Waals surface area contributed by atoms with Gasteiger partial charge in [0.2, 0.25) is 35.4 Å². The van der Waals surface area contributed by atoms with Crippen LogP contribution in [0.15, 0.2) is 40.3 Å². The Balaban J connectivity index is 2.38. The fourth-order valence-corrected chi connectivity index (χ4v) is 7.49. The average molecular weight is 929 g/mol. The summed E-state index contributed by atoms with van der Waals surface area (Å²) in [7, 11) is 0. The third kappa shape index (κ3) is 20.9. The summed E-state index contributed by atoms with van der Waals surface area (Å²) in [5.41, 5.74) is 34.7. The van der Waals surface area contributed by atoms with Crippen LogP contribution < -0.4 is 61.0 Å². The smallest absolute Gasteiger partial charge is 0.326 e. The van der Waals surface area contributed by atoms with Crippen LogP contribution in [0.2, 0.25) is 0 Å². The SMILES string of the molecule is CCCC[C@H](NC(=O)[C@H](CCCN=C(N)N)NC(=O)[C@H](CC(C)C)NC(=O)[C@@H](N)Cc1ccccc1)C(=O)N[C@@H](CCCN=C(N)N)C(=O)N1CCC[C@H]1C(=O)N[C@@H](CCCCN)C(=O)O. The average Bonchev–Trinajstić information content (AvgIpc) is 3.76. The molecule has 22 heteroatoms. The van der Waals surface area contributed by atoms with Crippen LogP contribution >= 0.6 is 0 Å². The van der Waals surface area contributed by atoms with Gasteiger partial charge in [-0.1, -0.05) is 63.9 Å². The van der Waals surface area contributed by atoms with E-state index >= 15 is 0 Å². The summed E-state index contributed by atoms with van der Waals surface area (Å²) in [5.74, 6) is -5.35. The van der Waals surface area contributed by atoms with Crippen molar-refractivity contribution >= 4 is 53.3 Å². The minimum absolute atomic E-state index is 0.0452. The normalized spacial score (nSPS) is 16.1. The third-order valence-electron chi connectivity index (χ3n) is 11.0. The van der Waals surface area contributed by atoms with Crippen LogP contribution in [0, 0.1) is 5.92 Å². The molecule has 18 N–H and O–H groups in total. The monoisotopic (exact) mass is 929 g/mol. The second-order valence-corrected chi connectivity index (χ2v) is 17.1. The summed E-state index contributed by atoms with van der Waals surface area (Å²) >= 11 is 0. The van der Waals surface area contributed by atoms with Crippen molar-refractivity contribution in [2.24, 2.45) is 50.3 Å². The molecule has 1 aromatic carbocycles. The summed E-state index contributed by atoms with van der Waals surface area (Å²) < 4.78 is 0. The standard InChI is InChI=1S/C44H76N14O8/c1-4-5-16-30(38(61)55-32(19-12-23-52-44(49)50)41(64)58-24-13-20-35(58)40(63)56-33(42(65)66)17-9-10-21-45)53-37(60)31(18-11-22-51-43(47)48)54-39(62)34(25-27(2)3)57-36(59)29(46)26-28-14-7-6-8-15-28/h6-8,14-15,27,29-35H,4-5,9-13,16-26,45-46H2,1-3H3,(H,53,60)(H,54,62)(H,55,61)(H,56,63)(H,57,59)(H,65,66)(H4,47,48,51)(H4,49,50,52)/t29-,30-,31-,32-,33-,34-,35-/m0/s1. The van der Waals surface area contributed by atoms with E-state index in [-0.39, 0.29) is 95.3 Å². The quantitative estimate of drug-likeness (QED) is 0.0230. The molecule has 7 atom stereocenters. The first kappa shape index (κ1) is 56.1. The molecule has 1 aromatic rings. The molecule has 2 rings (SSSR count). The van der Waals surface area contributed by atoms with Gasteiger partial charge in [0.1, 0.15) is 36.3 Å². The van der Waals surface area contributed by atoms with Gasteiger partial charge in [-0.25, -0.2) is 4.79 Å². The Morgan fingerprint density at radius 1 is 0.697 bits per heavy atom. The molecule has 370 valence electrons. The summed E-state index contributed by atoms with van der Waals surface area (Å²) in [6.45, 7) is 6.47. The molecule has 1 fully saturated rings. The van der Waals surface area contributed by atoms with E-state index in [9.17, 15) is 38.7 Å². The highest BCUT2D eigenvalue weighted by atomic mass is 16.4. The number of aliphatic carboxylic acids is 1. The Bertz CT molecular complexity index is 1770. The molecule has 0 bridgehead atoms. The Morgan fingerprint density at radius 3 is 1.74 bits per heavy atom. The van der Waals surface area contributed by atoms with Crippen LogP contribution in [0.25, 0.3) is 0 Å². The molecule has 1 aliphatic heterocycles. The van der Waals surface area contributed by atoms with E-state index in [0.29, 0.717) is 38.6 Å². The van der Waals surface area contributed by atoms with E-state index in [4.69, 9.17) is 34.4 Å². The maximum atomic E-state index is 14.3. The molecular formula is C44H76N14O8. The summed E-state index contributed by atoms with van der Waals surface area (Å²) in [6.07, 6.45) is 4.33. The van der Waals surface area contributed by atoms with Crippen molar-refractivity contribution in [3.05, 3.63) is 35.9 Å². The number of guanidine groups is 2. The molecule has 6 amide bonds. The van der Waals surface area contributed by atoms with E-state index in [1.54, 1.807) is 0 Å². The van der Waals surface area contributed by atoms with Gasteiger partial charge in [-0.15, -0.1) is 0 Å². The maximum Gasteiger partial charge on any atom is 0.326 e. The first-order valence-corrected chi connectivity index (χ1v) is 23.0. The number of nitrogens with one attached hydrogen (secondary N) is 5. The van der Waals surface area contributed by atoms with E-state index in [0.717, 1.165) is 5.56 Å². The lowest BCUT2D eigenvalue weighted by molar-refractivity contribution is -0.145. The van der Waals surface area contributed by atoms with Gasteiger partial charge in [0, 0.05) is 19.6 Å². The van der Waals surface area contributed by atoms with E-state index in [2.05, 4.69) is 36.6 Å². The van der Waals surface area contributed by atoms with Crippen molar-refractivity contribution in [1.29, 1.82) is 0 Å². The Morgan fingerprint density at radius 2 is 1.21 bits per heavy atom. The van der Waals surface area contributed by atoms with Crippen LogP contribution in [0.3, 0.4) is 0 Å². The maximum absolute atomic E-state index is 14.3. The summed E-state index contributed by atoms with van der Waals surface area (Å²) in [6, 6.07) is 1.44. The fourth-order valence-electron chi connectivity index (χ4n) is 7.49. The number of carbonyl (C=O) groups excluding carboxylic acids is 6. The molecule has 1 saturated heterocycles. The molecule has 0 spiro atoms. The molecule has 1 aliphatic rings. The van der Waals surface area contributed by atoms with Gasteiger partial charge in [0.25, 0.3) is 0 Å². The molecule has 1 heterocycles. The lowest BCUT2D eigenvalue weighted by Gasteiger charge is -2.31. The molecule has 0 aliphatic carbocycles. The third-order valence-corrected chi connectivity index (χ3v) is 11.0. The zero-order chi connectivity index (χ0) is 49.2. The number of rotatable bonds is 31. The van der Waals surface area contributed by atoms with Crippen molar-refractivity contribution in [2.45, 2.75) is 153 Å². The van der Waals surface area contributed by atoms with Gasteiger partial charge < -0.3 is 71.0 Å². The lowest BCUT2D eigenvalue weighted by Crippen LogP contribution is -2.59. The van der Waals surface area contributed by atoms with E-state index in [1.165, 1.54) is 4.90 Å². The van der Waals surface area contributed by atoms with Gasteiger partial charge in [-0.05, 0) is 95.1 Å². The number of benzene rings is 1. The number of carboxylic acids is 1. The van der Waals surface area contributed by atoms with Crippen LogP contribution in [-0.4, -0.2) is 132 Å². The predicted molar refractivity (Wildman–Crippen MR) is 252 cm³/mol. The lowest BCUT2D eigenvalue weighted by atomic mass is 10.0. The van der Waals surface area contributed by atoms with Crippen molar-refractivity contribution in [2.75, 3.05) is 26.2 Å². The second-order valence-electron chi connectivity index (χ2n) is 17.1. The number of hydrogen-bond donors (Lipinski definition) is 12. The number of likely N-dealkylation sites (tertiary alicyclic amines) is 1. The molecule has 22 nitrogen and oxygen atoms in total. The minimum Gasteiger partial charge on any atom is -0.480 e. The largest absolute Gasteiger partial charge is 0.480 e. The Kier molecular flexibility index (Phi) is 25.7. The van der Waals surface area contributed by atoms with Crippen LogP contribution in [0.1, 0.15) is 110 Å². The van der Waals surface area contributed by atoms with Gasteiger partial charge in [-0.2, -0.15) is 0 Å². The number of nitrogens with zero attached hydrogens (tertiary/aromatic N) is 3. The zero-order valence-corrected chi connectivity index (χ0v) is 38.8. The van der Waals surface area contributed by atoms with Gasteiger partial charge >= 0.3 is 5.97 Å². The molecular weight excluding hydrogens is 853 g/mol. The zero-order valence-electron chi connectivity index (χ0n) is 38.8. The van der Waals surface area contributed by atoms with Crippen molar-refractivity contribution < 1.29 is 38.7 Å². The fraction of sp³-hybridized carbons (Fsp3) is 0.659. The summed E-state index contributed by atoms with van der Waals surface area (Å²) in [4.78, 5) is 105. The Labute approximate surface area is 388 Å². The molecule has 0 unspecified atom stereocenters. The van der Waals surface area contributed by atoms with Crippen LogP contribution in [0.4, 0.5) is 0 Å². The molecule has 0 saturated carbocycles. The highest BCUT2D eigenvalue weighted by molar-refractivity contribution is 5.97. The van der Waals surface area contributed by atoms with E-state index < -0.39 is 83.7 Å². The number of carboxylic acid groups (broad SMARTS) is 1. The number of hydrogen-bond acceptors (Lipinski definition) is 11. The highest BCUT2D eigenvalue weighted by Gasteiger charge is 2.40. The predicted octanol–water partition coefficient (Wildman–Crippen LogP) is -1.47. The molecule has 0 aromatic heterocycles. The van der Waals surface area contributed by atoms with Gasteiger partial charge in [-0.3, -0.25) is 38.8 Å². The Hall–Kier alpha value is -6.03. The van der Waals surface area contributed by atoms with Crippen molar-refractivity contribution in [3.63, 3.8) is 0 Å². The van der Waals surface area contributed by atoms with Crippen molar-refractivity contribution in [1.82, 2.24) is 31.5 Å².